The van der Waals surface area contributed by atoms with Crippen molar-refractivity contribution in [2.45, 2.75) is 12.8 Å². The quantitative estimate of drug-likeness (QED) is 0.302. The van der Waals surface area contributed by atoms with Crippen LogP contribution in [-0.2, 0) is 30.1 Å². The van der Waals surface area contributed by atoms with Crippen molar-refractivity contribution in [2.24, 2.45) is 0 Å². The van der Waals surface area contributed by atoms with Crippen LogP contribution < -0.4 is 0 Å². The second-order valence-corrected chi connectivity index (χ2v) is 13.4. The monoisotopic (exact) mass is 390 g/mol. The molecule has 0 rings (SSSR count). The fraction of sp³-hybridized carbons (Fsp3) is 1.00. The molecule has 0 heterocycles. The third-order valence-corrected chi connectivity index (χ3v) is 10.6. The van der Waals surface area contributed by atoms with Gasteiger partial charge in [-0.15, -0.1) is 0 Å². The van der Waals surface area contributed by atoms with Gasteiger partial charge >= 0.3 is 0 Å². The first-order valence-corrected chi connectivity index (χ1v) is 13.6. The minimum atomic E-state index is -4.00. The van der Waals surface area contributed by atoms with Gasteiger partial charge in [-0.05, 0) is 22.7 Å². The van der Waals surface area contributed by atoms with Crippen molar-refractivity contribution in [3.05, 3.63) is 0 Å². The molecule has 0 aromatic carbocycles. The summed E-state index contributed by atoms with van der Waals surface area (Å²) in [6.07, 6.45) is 0.416. The van der Waals surface area contributed by atoms with E-state index in [0.717, 1.165) is 9.83 Å². The van der Waals surface area contributed by atoms with Crippen molar-refractivity contribution in [1.29, 1.82) is 0 Å². The van der Waals surface area contributed by atoms with E-state index in [4.69, 9.17) is 9.11 Å². The molecule has 7 nitrogen and oxygen atoms in total. The Kier molecular flexibility index (Phi) is 10.4. The average Bonchev–Trinajstić information content (AvgIpc) is 2.19. The smallest absolute Gasteiger partial charge is 0.264 e. The normalized spacial score (nSPS) is 14.4. The highest BCUT2D eigenvalue weighted by molar-refractivity contribution is 9.23. The third kappa shape index (κ3) is 17.0. The molecular formula is C6H14O7S6. The van der Waals surface area contributed by atoms with Crippen LogP contribution in [0.3, 0.4) is 0 Å². The molecule has 0 saturated heterocycles. The average molecular weight is 391 g/mol. The summed E-state index contributed by atoms with van der Waals surface area (Å²) < 4.78 is 69.8. The largest absolute Gasteiger partial charge is 0.286 e. The van der Waals surface area contributed by atoms with E-state index >= 15 is 0 Å². The van der Waals surface area contributed by atoms with E-state index in [1.165, 1.54) is 20.6 Å². The van der Waals surface area contributed by atoms with E-state index in [1.807, 2.05) is 0 Å². The van der Waals surface area contributed by atoms with Crippen LogP contribution in [0.5, 0.6) is 0 Å². The lowest BCUT2D eigenvalue weighted by Gasteiger charge is -2.00. The first-order valence-electron chi connectivity index (χ1n) is 4.85. The van der Waals surface area contributed by atoms with E-state index in [0.29, 0.717) is 12.2 Å². The lowest BCUT2D eigenvalue weighted by molar-refractivity contribution is 0.480. The van der Waals surface area contributed by atoms with Crippen LogP contribution in [0.25, 0.3) is 0 Å². The second kappa shape index (κ2) is 9.87. The number of hydrogen-bond donors (Lipinski definition) is 2. The minimum Gasteiger partial charge on any atom is -0.286 e. The molecule has 116 valence electrons. The van der Waals surface area contributed by atoms with Gasteiger partial charge in [-0.3, -0.25) is 9.11 Å². The maximum Gasteiger partial charge on any atom is 0.264 e. The molecular weight excluding hydrogens is 376 g/mol. The zero-order valence-electron chi connectivity index (χ0n) is 9.63. The molecule has 0 aromatic heterocycles. The predicted octanol–water partition coefficient (Wildman–Crippen LogP) is 1.24. The van der Waals surface area contributed by atoms with E-state index in [-0.39, 0.29) is 17.9 Å². The lowest BCUT2D eigenvalue weighted by atomic mass is 10.6. The molecule has 1 atom stereocenters. The maximum absolute atomic E-state index is 11.3. The summed E-state index contributed by atoms with van der Waals surface area (Å²) in [5.74, 6) is -0.0726. The van der Waals surface area contributed by atoms with E-state index < -0.39 is 35.8 Å². The van der Waals surface area contributed by atoms with E-state index in [1.54, 1.807) is 0 Å². The van der Waals surface area contributed by atoms with Crippen molar-refractivity contribution in [1.82, 2.24) is 0 Å². The molecule has 0 aliphatic carbocycles. The van der Waals surface area contributed by atoms with Gasteiger partial charge in [-0.2, -0.15) is 16.8 Å². The van der Waals surface area contributed by atoms with Crippen molar-refractivity contribution in [3.8, 4) is 0 Å². The van der Waals surface area contributed by atoms with Crippen molar-refractivity contribution in [3.63, 3.8) is 0 Å². The zero-order valence-corrected chi connectivity index (χ0v) is 14.5. The summed E-state index contributed by atoms with van der Waals surface area (Å²) in [5, 5.41) is 0. The molecule has 19 heavy (non-hydrogen) atoms. The SMILES string of the molecule is O=S(CCCS(=O)(=O)O)SSSCCCS(=O)(=O)O. The predicted molar refractivity (Wildman–Crippen MR) is 82.7 cm³/mol. The summed E-state index contributed by atoms with van der Waals surface area (Å²) >= 11 is 0. The van der Waals surface area contributed by atoms with Gasteiger partial charge in [0.15, 0.2) is 0 Å². The van der Waals surface area contributed by atoms with Gasteiger partial charge in [0.1, 0.15) is 0 Å². The van der Waals surface area contributed by atoms with Crippen LogP contribution in [0.1, 0.15) is 12.8 Å². The van der Waals surface area contributed by atoms with Gasteiger partial charge in [-0.1, -0.05) is 10.8 Å². The molecule has 0 amide bonds. The zero-order chi connectivity index (χ0) is 14.9. The Labute approximate surface area is 126 Å². The van der Waals surface area contributed by atoms with Crippen molar-refractivity contribution in [2.75, 3.05) is 23.0 Å². The summed E-state index contributed by atoms with van der Waals surface area (Å²) in [4.78, 5) is 0. The Morgan fingerprint density at radius 3 is 2.00 bits per heavy atom. The first-order chi connectivity index (χ1) is 8.60. The molecule has 0 saturated carbocycles. The van der Waals surface area contributed by atoms with Gasteiger partial charge < -0.3 is 0 Å². The Morgan fingerprint density at radius 1 is 0.947 bits per heavy atom. The van der Waals surface area contributed by atoms with Gasteiger partial charge in [0.05, 0.1) is 21.3 Å². The van der Waals surface area contributed by atoms with Crippen LogP contribution in [0.15, 0.2) is 0 Å². The molecule has 1 unspecified atom stereocenters. The molecule has 2 N–H and O–H groups in total. The molecule has 13 heteroatoms. The number of hydrogen-bond acceptors (Lipinski definition) is 8. The Balaban J connectivity index is 3.49. The van der Waals surface area contributed by atoms with Crippen molar-refractivity contribution >= 4 is 60.5 Å². The fourth-order valence-corrected chi connectivity index (χ4v) is 9.33. The number of rotatable bonds is 11. The van der Waals surface area contributed by atoms with E-state index in [2.05, 4.69) is 0 Å². The standard InChI is InChI=1S/C6H14O7S6/c7-17(4-2-6-19(11,12)13)16-15-14-3-1-5-18(8,9)10/h1-6H2,(H,8,9,10)(H,11,12,13). The molecule has 0 bridgehead atoms. The highest BCUT2D eigenvalue weighted by atomic mass is 33.7. The van der Waals surface area contributed by atoms with Crippen LogP contribution >= 0.6 is 30.4 Å². The van der Waals surface area contributed by atoms with E-state index in [9.17, 15) is 21.0 Å². The first kappa shape index (κ1) is 20.0. The molecule has 0 aromatic rings. The topological polar surface area (TPSA) is 126 Å². The van der Waals surface area contributed by atoms with Gasteiger partial charge in [-0.25, -0.2) is 4.21 Å². The fourth-order valence-electron chi connectivity index (χ4n) is 0.778. The van der Waals surface area contributed by atoms with Gasteiger partial charge in [0.25, 0.3) is 20.2 Å². The maximum atomic E-state index is 11.3. The Bertz CT molecular complexity index is 468. The third-order valence-electron chi connectivity index (χ3n) is 1.50. The van der Waals surface area contributed by atoms with Crippen LogP contribution in [-0.4, -0.2) is 53.2 Å². The molecule has 0 radical (unpaired) electrons. The Hall–Kier alpha value is 1.02. The molecule has 0 aliphatic rings. The Morgan fingerprint density at radius 2 is 1.47 bits per heavy atom. The minimum absolute atomic E-state index is 0.117. The lowest BCUT2D eigenvalue weighted by Crippen LogP contribution is -2.06. The van der Waals surface area contributed by atoms with Crippen molar-refractivity contribution < 1.29 is 30.1 Å². The highest BCUT2D eigenvalue weighted by Gasteiger charge is 2.08. The molecule has 0 spiro atoms. The summed E-state index contributed by atoms with van der Waals surface area (Å²) in [6.45, 7) is 0. The molecule has 0 fully saturated rings. The van der Waals surface area contributed by atoms with Gasteiger partial charge in [0, 0.05) is 21.3 Å². The summed E-state index contributed by atoms with van der Waals surface area (Å²) in [6, 6.07) is 0. The molecule has 0 aliphatic heterocycles. The summed E-state index contributed by atoms with van der Waals surface area (Å²) in [5.41, 5.74) is 0. The van der Waals surface area contributed by atoms with Crippen LogP contribution in [0.4, 0.5) is 0 Å². The summed E-state index contributed by atoms with van der Waals surface area (Å²) in [7, 11) is -5.62. The van der Waals surface area contributed by atoms with Gasteiger partial charge in [0.2, 0.25) is 0 Å². The highest BCUT2D eigenvalue weighted by Crippen LogP contribution is 2.37. The van der Waals surface area contributed by atoms with Crippen LogP contribution in [0.2, 0.25) is 0 Å². The second-order valence-electron chi connectivity index (χ2n) is 3.25. The van der Waals surface area contributed by atoms with Crippen LogP contribution in [0, 0.1) is 0 Å².